The minimum atomic E-state index is -1.05. The van der Waals surface area contributed by atoms with Crippen molar-refractivity contribution in [2.45, 2.75) is 47.6 Å². The Kier molecular flexibility index (Phi) is 32.5. The molecule has 0 bridgehead atoms. The van der Waals surface area contributed by atoms with Gasteiger partial charge >= 0.3 is 47.9 Å². The van der Waals surface area contributed by atoms with E-state index in [0.29, 0.717) is 48.4 Å². The zero-order valence-electron chi connectivity index (χ0n) is 66.2. The molecule has 6 N–H and O–H groups in total. The van der Waals surface area contributed by atoms with Crippen LogP contribution in [0.25, 0.3) is 44.5 Å². The number of carboxylic acid groups (broad SMARTS) is 2. The van der Waals surface area contributed by atoms with Gasteiger partial charge in [-0.2, -0.15) is 0 Å². The number of carboxylic acids is 2. The van der Waals surface area contributed by atoms with E-state index in [1.165, 1.54) is 63.8 Å². The van der Waals surface area contributed by atoms with Crippen LogP contribution in [0.2, 0.25) is 0 Å². The van der Waals surface area contributed by atoms with Gasteiger partial charge in [0.05, 0.1) is 55.2 Å². The number of carbonyl (C=O) groups excluding carboxylic acids is 4. The van der Waals surface area contributed by atoms with Crippen LogP contribution < -0.4 is 19.5 Å². The summed E-state index contributed by atoms with van der Waals surface area (Å²) in [4.78, 5) is 97.8. The molecule has 0 spiro atoms. The van der Waals surface area contributed by atoms with Crippen LogP contribution in [-0.4, -0.2) is 118 Å². The second kappa shape index (κ2) is 43.8. The molecule has 120 heavy (non-hydrogen) atoms. The Hall–Kier alpha value is -14.8. The number of benzene rings is 10. The summed E-state index contributed by atoms with van der Waals surface area (Å²) in [5, 5.41) is 48.5. The monoisotopic (exact) mass is 1740 g/mol. The number of nitrogens with one attached hydrogen (secondary N) is 1. The van der Waals surface area contributed by atoms with Gasteiger partial charge in [-0.3, -0.25) is 9.78 Å². The summed E-state index contributed by atoms with van der Waals surface area (Å²) in [5.41, 5.74) is 15.4. The Labute approximate surface area is 707 Å². The largest absolute Gasteiger partial charge is 0.508 e. The van der Waals surface area contributed by atoms with E-state index in [2.05, 4.69) is 81.5 Å². The number of aromatic hydroxyl groups is 3. The molecule has 1 atom stereocenters. The molecule has 0 saturated heterocycles. The molecule has 14 rings (SSSR count). The minimum absolute atomic E-state index is 0.0322. The third-order valence-corrected chi connectivity index (χ3v) is 17.9. The van der Waals surface area contributed by atoms with Crippen molar-refractivity contribution in [3.05, 3.63) is 356 Å². The van der Waals surface area contributed by atoms with E-state index in [0.717, 1.165) is 78.0 Å². The number of aromatic carboxylic acids is 2. The minimum Gasteiger partial charge on any atom is -0.508 e. The predicted molar refractivity (Wildman–Crippen MR) is 459 cm³/mol. The first kappa shape index (κ1) is 89.1. The molecule has 25 nitrogen and oxygen atoms in total. The van der Waals surface area contributed by atoms with Gasteiger partial charge in [0.2, 0.25) is 0 Å². The molecule has 0 fully saturated rings. The number of carbonyl (C=O) groups is 6. The van der Waals surface area contributed by atoms with Gasteiger partial charge in [-0.1, -0.05) is 157 Å². The number of nitrogens with zero attached hydrogens (tertiary/aromatic N) is 7. The van der Waals surface area contributed by atoms with Gasteiger partial charge in [0.15, 0.2) is 0 Å². The highest BCUT2D eigenvalue weighted by atomic mass is 79.9. The average Bonchev–Trinajstić information content (AvgIpc) is 0.825. The SMILES string of the molecule is COC(=O)c1cc(O)cc(-c2ccc(C)cc2)c1.COC(=O)c1cc(O)cc(Br)c1.COC(=O)c1cc(Oc2ncccn2)cc(-c2ccc(C)cc2)c1.Cc1ccc(-c2cc(Oc3ncccn3)cc(C(=O)N[C@H](C)c3ccc(C)nc3)c2)cc1.Cc1ccc(-c2cc(Oc3ncccn3)cc(C(=O)O)c2)cc1.O=C(O)c1cc(O)cc(Br)c1. The van der Waals surface area contributed by atoms with E-state index < -0.39 is 29.8 Å². The molecular weight excluding hydrogens is 1660 g/mol. The highest BCUT2D eigenvalue weighted by Gasteiger charge is 2.19. The number of amides is 1. The molecule has 14 aromatic rings. The Morgan fingerprint density at radius 1 is 0.333 bits per heavy atom. The molecule has 0 aliphatic carbocycles. The number of aryl methyl sites for hydroxylation is 5. The van der Waals surface area contributed by atoms with Crippen LogP contribution in [0.5, 0.6) is 52.5 Å². The highest BCUT2D eigenvalue weighted by Crippen LogP contribution is 2.34. The fourth-order valence-corrected chi connectivity index (χ4v) is 11.9. The summed E-state index contributed by atoms with van der Waals surface area (Å²) in [6.07, 6.45) is 11.3. The number of hydrogen-bond donors (Lipinski definition) is 6. The van der Waals surface area contributed by atoms with Crippen molar-refractivity contribution in [3.8, 4) is 97.0 Å². The number of methoxy groups -OCH3 is 3. The van der Waals surface area contributed by atoms with Crippen LogP contribution in [-0.2, 0) is 14.2 Å². The predicted octanol–water partition coefficient (Wildman–Crippen LogP) is 20.4. The van der Waals surface area contributed by atoms with Gasteiger partial charge in [-0.15, -0.1) is 0 Å². The third kappa shape index (κ3) is 27.7. The van der Waals surface area contributed by atoms with E-state index >= 15 is 0 Å². The summed E-state index contributed by atoms with van der Waals surface area (Å²) in [6.45, 7) is 11.9. The van der Waals surface area contributed by atoms with Crippen LogP contribution in [0.3, 0.4) is 0 Å². The van der Waals surface area contributed by atoms with Gasteiger partial charge in [-0.25, -0.2) is 53.9 Å². The van der Waals surface area contributed by atoms with Gasteiger partial charge in [0.1, 0.15) is 34.5 Å². The molecule has 0 aliphatic heterocycles. The molecule has 0 aliphatic rings. The normalized spacial score (nSPS) is 10.5. The van der Waals surface area contributed by atoms with Crippen molar-refractivity contribution in [2.75, 3.05) is 21.3 Å². The van der Waals surface area contributed by atoms with E-state index in [1.54, 1.807) is 110 Å². The van der Waals surface area contributed by atoms with Crippen molar-refractivity contribution >= 4 is 67.6 Å². The lowest BCUT2D eigenvalue weighted by Crippen LogP contribution is -2.26. The summed E-state index contributed by atoms with van der Waals surface area (Å²) < 4.78 is 32.2. The Morgan fingerprint density at radius 3 is 0.967 bits per heavy atom. The standard InChI is InChI=1S/C26H24N4O2.C19H16N2O3.C18H14N2O3.C15H14O3.C8H7BrO3.C7H5BrO3/c1-17-5-8-20(9-6-17)22-13-23(15-24(14-22)32-26-27-11-4-12-28-26)25(31)30-19(3)21-10-7-18(2)29-16-21;1-13-4-6-14(7-5-13)15-10-16(18(22)23-2)12-17(11-15)24-19-20-8-3-9-21-19;1-12-3-5-13(6-4-12)14-9-15(17(21)22)11-16(10-14)23-18-19-7-2-8-20-18;1-10-3-5-11(6-4-10)12-7-13(15(17)18-2)9-14(16)8-12;1-12-8(11)5-2-6(9)4-7(10)3-5;8-5-1-4(7(10)11)2-6(9)3-5/h4-16,19H,1-3H3,(H,30,31);3-12H,1-2H3;2-11H,1H3,(H,21,22);3-9,16H,1-2H3;2-4,10H,1H3;1-3,9H,(H,10,11)/t19-;;;;;/m1...../s1. The first-order valence-corrected chi connectivity index (χ1v) is 38.0. The lowest BCUT2D eigenvalue weighted by molar-refractivity contribution is 0.0591. The zero-order chi connectivity index (χ0) is 86.4. The van der Waals surface area contributed by atoms with Crippen LogP contribution in [0.4, 0.5) is 0 Å². The number of ether oxygens (including phenoxy) is 6. The summed E-state index contributed by atoms with van der Waals surface area (Å²) in [6, 6.07) is 69.9. The first-order chi connectivity index (χ1) is 57.6. The molecule has 0 saturated carbocycles. The number of hydrogen-bond acceptors (Lipinski definition) is 22. The zero-order valence-corrected chi connectivity index (χ0v) is 69.3. The Balaban J connectivity index is 0.000000170. The first-order valence-electron chi connectivity index (χ1n) is 36.4. The van der Waals surface area contributed by atoms with Crippen LogP contribution in [0.1, 0.15) is 109 Å². The molecule has 4 aromatic heterocycles. The van der Waals surface area contributed by atoms with E-state index in [4.69, 9.17) is 34.3 Å². The molecule has 10 aromatic carbocycles. The van der Waals surface area contributed by atoms with Crippen molar-refractivity contribution in [2.24, 2.45) is 0 Å². The molecule has 608 valence electrons. The molecular formula is C93H80Br2N8O17. The number of aromatic nitrogens is 7. The van der Waals surface area contributed by atoms with Crippen molar-refractivity contribution < 1.29 is 82.7 Å². The smallest absolute Gasteiger partial charge is 0.338 e. The quantitative estimate of drug-likeness (QED) is 0.0343. The van der Waals surface area contributed by atoms with Crippen molar-refractivity contribution in [1.82, 2.24) is 40.2 Å². The number of rotatable bonds is 18. The number of pyridine rings is 1. The van der Waals surface area contributed by atoms with Crippen LogP contribution in [0.15, 0.2) is 289 Å². The van der Waals surface area contributed by atoms with Crippen LogP contribution >= 0.6 is 31.9 Å². The maximum atomic E-state index is 13.1. The summed E-state index contributed by atoms with van der Waals surface area (Å²) in [7, 11) is 3.96. The maximum Gasteiger partial charge on any atom is 0.338 e. The fraction of sp³-hybridized carbons (Fsp3) is 0.108. The van der Waals surface area contributed by atoms with E-state index in [1.807, 2.05) is 169 Å². The van der Waals surface area contributed by atoms with Crippen molar-refractivity contribution in [3.63, 3.8) is 0 Å². The molecule has 1 amide bonds. The van der Waals surface area contributed by atoms with E-state index in [-0.39, 0.29) is 58.4 Å². The molecule has 27 heteroatoms. The fourth-order valence-electron chi connectivity index (χ4n) is 10.9. The van der Waals surface area contributed by atoms with Gasteiger partial charge in [0.25, 0.3) is 5.91 Å². The lowest BCUT2D eigenvalue weighted by atomic mass is 10.0. The maximum absolute atomic E-state index is 13.1. The number of phenolic OH excluding ortho intramolecular Hbond substituents is 3. The summed E-state index contributed by atoms with van der Waals surface area (Å²) >= 11 is 6.20. The average molecular weight is 1740 g/mol. The molecule has 4 heterocycles. The van der Waals surface area contributed by atoms with Crippen molar-refractivity contribution in [1.29, 1.82) is 0 Å². The Morgan fingerprint density at radius 2 is 0.625 bits per heavy atom. The van der Waals surface area contributed by atoms with E-state index in [9.17, 15) is 39.0 Å². The topological polar surface area (TPSA) is 361 Å². The molecule has 0 unspecified atom stereocenters. The van der Waals surface area contributed by atoms with Gasteiger partial charge in [-0.05, 0) is 225 Å². The lowest BCUT2D eigenvalue weighted by Gasteiger charge is -2.16. The second-order valence-corrected chi connectivity index (χ2v) is 28.1. The third-order valence-electron chi connectivity index (χ3n) is 17.0. The van der Waals surface area contributed by atoms with Gasteiger partial charge < -0.3 is 59.3 Å². The van der Waals surface area contributed by atoms with Crippen LogP contribution in [0, 0.1) is 34.6 Å². The number of phenols is 3. The summed E-state index contributed by atoms with van der Waals surface area (Å²) in [5.74, 6) is -2.26. The number of halogens is 2. The number of esters is 3. The highest BCUT2D eigenvalue weighted by molar-refractivity contribution is 9.10. The Bertz CT molecular complexity index is 5800. The second-order valence-electron chi connectivity index (χ2n) is 26.3. The van der Waals surface area contributed by atoms with Gasteiger partial charge in [0, 0.05) is 63.6 Å². The molecule has 0 radical (unpaired) electrons.